The molecule has 1 aromatic carbocycles. The molecule has 1 atom stereocenters. The molecular weight excluding hydrogens is 314 g/mol. The van der Waals surface area contributed by atoms with Gasteiger partial charge in [0.05, 0.1) is 24.9 Å². The van der Waals surface area contributed by atoms with Crippen molar-refractivity contribution in [2.45, 2.75) is 18.6 Å². The Bertz CT molecular complexity index is 578. The predicted molar refractivity (Wildman–Crippen MR) is 83.6 cm³/mol. The highest BCUT2D eigenvalue weighted by molar-refractivity contribution is 8.14. The third-order valence-corrected chi connectivity index (χ3v) is 4.44. The van der Waals surface area contributed by atoms with Gasteiger partial charge in [-0.05, 0) is 6.07 Å². The number of hydrogen-bond acceptors (Lipinski definition) is 5. The maximum atomic E-state index is 12.2. The smallest absolute Gasteiger partial charge is 0.228 e. The minimum absolute atomic E-state index is 0.00868. The minimum atomic E-state index is -0.0479. The van der Waals surface area contributed by atoms with E-state index in [9.17, 15) is 9.59 Å². The van der Waals surface area contributed by atoms with Gasteiger partial charge in [-0.2, -0.15) is 0 Å². The number of halogens is 1. The van der Waals surface area contributed by atoms with Gasteiger partial charge in [-0.25, -0.2) is 0 Å². The van der Waals surface area contributed by atoms with E-state index in [1.165, 1.54) is 32.9 Å². The molecule has 2 rings (SSSR count). The van der Waals surface area contributed by atoms with E-state index in [0.29, 0.717) is 35.2 Å². The average molecular weight is 330 g/mol. The van der Waals surface area contributed by atoms with Gasteiger partial charge in [0.1, 0.15) is 11.5 Å². The standard InChI is InChI=1S/C14H16ClNO4S/c1-8(17)21-9-4-14(18)16(7-9)11-5-10(15)12(19-2)6-13(11)20-3/h5-6,9H,4,7H2,1-3H3. The third-order valence-electron chi connectivity index (χ3n) is 3.17. The van der Waals surface area contributed by atoms with Gasteiger partial charge in [-0.1, -0.05) is 23.4 Å². The molecule has 0 N–H and O–H groups in total. The molecule has 1 fully saturated rings. The van der Waals surface area contributed by atoms with Gasteiger partial charge in [-0.3, -0.25) is 9.59 Å². The Morgan fingerprint density at radius 2 is 2.00 bits per heavy atom. The topological polar surface area (TPSA) is 55.8 Å². The monoisotopic (exact) mass is 329 g/mol. The van der Waals surface area contributed by atoms with Gasteiger partial charge in [0.2, 0.25) is 5.91 Å². The maximum Gasteiger partial charge on any atom is 0.228 e. The number of rotatable bonds is 4. The summed E-state index contributed by atoms with van der Waals surface area (Å²) in [6.45, 7) is 1.96. The van der Waals surface area contributed by atoms with Crippen molar-refractivity contribution in [3.63, 3.8) is 0 Å². The number of nitrogens with zero attached hydrogens (tertiary/aromatic N) is 1. The minimum Gasteiger partial charge on any atom is -0.495 e. The predicted octanol–water partition coefficient (Wildman–Crippen LogP) is 2.74. The van der Waals surface area contributed by atoms with Gasteiger partial charge >= 0.3 is 0 Å². The molecule has 1 unspecified atom stereocenters. The van der Waals surface area contributed by atoms with Gasteiger partial charge < -0.3 is 14.4 Å². The van der Waals surface area contributed by atoms with Crippen molar-refractivity contribution >= 4 is 40.1 Å². The van der Waals surface area contributed by atoms with Crippen LogP contribution >= 0.6 is 23.4 Å². The van der Waals surface area contributed by atoms with Crippen LogP contribution in [0, 0.1) is 0 Å². The van der Waals surface area contributed by atoms with E-state index >= 15 is 0 Å². The van der Waals surface area contributed by atoms with Crippen LogP contribution in [0.25, 0.3) is 0 Å². The fourth-order valence-electron chi connectivity index (χ4n) is 2.28. The highest BCUT2D eigenvalue weighted by Crippen LogP contribution is 2.40. The summed E-state index contributed by atoms with van der Waals surface area (Å²) in [7, 11) is 3.04. The summed E-state index contributed by atoms with van der Waals surface area (Å²) in [5.41, 5.74) is 0.597. The largest absolute Gasteiger partial charge is 0.495 e. The van der Waals surface area contributed by atoms with Crippen LogP contribution in [0.15, 0.2) is 12.1 Å². The molecule has 1 saturated heterocycles. The summed E-state index contributed by atoms with van der Waals surface area (Å²) in [5.74, 6) is 0.949. The molecule has 21 heavy (non-hydrogen) atoms. The first-order valence-electron chi connectivity index (χ1n) is 6.35. The quantitative estimate of drug-likeness (QED) is 0.850. The molecule has 7 heteroatoms. The lowest BCUT2D eigenvalue weighted by Crippen LogP contribution is -2.25. The van der Waals surface area contributed by atoms with E-state index in [1.807, 2.05) is 0 Å². The van der Waals surface area contributed by atoms with Crippen LogP contribution in [0.1, 0.15) is 13.3 Å². The zero-order chi connectivity index (χ0) is 15.6. The van der Waals surface area contributed by atoms with Crippen LogP contribution < -0.4 is 14.4 Å². The Labute approximate surface area is 132 Å². The zero-order valence-electron chi connectivity index (χ0n) is 12.0. The summed E-state index contributed by atoms with van der Waals surface area (Å²) in [4.78, 5) is 25.0. The Balaban J connectivity index is 2.31. The van der Waals surface area contributed by atoms with Gasteiger partial charge in [0.15, 0.2) is 5.12 Å². The van der Waals surface area contributed by atoms with E-state index in [1.54, 1.807) is 17.0 Å². The first kappa shape index (κ1) is 16.0. The molecule has 0 radical (unpaired) electrons. The number of thioether (sulfide) groups is 1. The van der Waals surface area contributed by atoms with E-state index in [2.05, 4.69) is 0 Å². The molecule has 1 amide bonds. The van der Waals surface area contributed by atoms with E-state index in [4.69, 9.17) is 21.1 Å². The lowest BCUT2D eigenvalue weighted by atomic mass is 10.2. The van der Waals surface area contributed by atoms with Crippen molar-refractivity contribution in [3.05, 3.63) is 17.2 Å². The van der Waals surface area contributed by atoms with Crippen molar-refractivity contribution in [3.8, 4) is 11.5 Å². The third kappa shape index (κ3) is 3.44. The van der Waals surface area contributed by atoms with Crippen LogP contribution in [0.3, 0.4) is 0 Å². The van der Waals surface area contributed by atoms with Crippen molar-refractivity contribution in [2.75, 3.05) is 25.7 Å². The van der Waals surface area contributed by atoms with Gasteiger partial charge in [-0.15, -0.1) is 0 Å². The molecule has 0 aromatic heterocycles. The van der Waals surface area contributed by atoms with Crippen LogP contribution in [0.4, 0.5) is 5.69 Å². The van der Waals surface area contributed by atoms with E-state index in [-0.39, 0.29) is 16.3 Å². The molecule has 1 aliphatic heterocycles. The molecule has 0 spiro atoms. The molecule has 1 aromatic rings. The highest BCUT2D eigenvalue weighted by atomic mass is 35.5. The van der Waals surface area contributed by atoms with E-state index < -0.39 is 0 Å². The van der Waals surface area contributed by atoms with Crippen LogP contribution in [0.2, 0.25) is 5.02 Å². The number of carbonyl (C=O) groups is 2. The summed E-state index contributed by atoms with van der Waals surface area (Å²) < 4.78 is 10.5. The first-order valence-corrected chi connectivity index (χ1v) is 7.61. The summed E-state index contributed by atoms with van der Waals surface area (Å²) in [6, 6.07) is 3.30. The number of benzene rings is 1. The van der Waals surface area contributed by atoms with Crippen molar-refractivity contribution in [1.82, 2.24) is 0 Å². The fraction of sp³-hybridized carbons (Fsp3) is 0.429. The van der Waals surface area contributed by atoms with Crippen molar-refractivity contribution < 1.29 is 19.1 Å². The van der Waals surface area contributed by atoms with Crippen LogP contribution in [-0.2, 0) is 9.59 Å². The highest BCUT2D eigenvalue weighted by Gasteiger charge is 2.33. The Morgan fingerprint density at radius 1 is 1.33 bits per heavy atom. The Kier molecular flexibility index (Phi) is 5.00. The van der Waals surface area contributed by atoms with Crippen LogP contribution in [-0.4, -0.2) is 37.0 Å². The van der Waals surface area contributed by atoms with Gasteiger partial charge in [0, 0.05) is 31.2 Å². The molecule has 1 aliphatic rings. The second kappa shape index (κ2) is 6.58. The number of anilines is 1. The molecule has 0 saturated carbocycles. The summed E-state index contributed by atoms with van der Waals surface area (Å²) in [6.07, 6.45) is 0.330. The number of hydrogen-bond donors (Lipinski definition) is 0. The molecule has 114 valence electrons. The summed E-state index contributed by atoms with van der Waals surface area (Å²) in [5, 5.41) is 0.374. The van der Waals surface area contributed by atoms with Crippen molar-refractivity contribution in [2.24, 2.45) is 0 Å². The van der Waals surface area contributed by atoms with E-state index in [0.717, 1.165) is 0 Å². The number of carbonyl (C=O) groups excluding carboxylic acids is 2. The zero-order valence-corrected chi connectivity index (χ0v) is 13.6. The Hall–Kier alpha value is -1.40. The number of ether oxygens (including phenoxy) is 2. The lowest BCUT2D eigenvalue weighted by Gasteiger charge is -2.20. The second-order valence-corrected chi connectivity index (χ2v) is 6.48. The molecular formula is C14H16ClNO4S. The molecule has 0 bridgehead atoms. The van der Waals surface area contributed by atoms with Crippen LogP contribution in [0.5, 0.6) is 11.5 Å². The lowest BCUT2D eigenvalue weighted by molar-refractivity contribution is -0.117. The second-order valence-electron chi connectivity index (χ2n) is 4.60. The van der Waals surface area contributed by atoms with Crippen molar-refractivity contribution in [1.29, 1.82) is 0 Å². The average Bonchev–Trinajstić information content (AvgIpc) is 2.78. The fourth-order valence-corrected chi connectivity index (χ4v) is 3.43. The molecule has 1 heterocycles. The Morgan fingerprint density at radius 3 is 2.57 bits per heavy atom. The maximum absolute atomic E-state index is 12.2. The molecule has 0 aliphatic carbocycles. The first-order chi connectivity index (χ1) is 9.96. The number of amides is 1. The molecule has 5 nitrogen and oxygen atoms in total. The summed E-state index contributed by atoms with van der Waals surface area (Å²) >= 11 is 7.32. The normalized spacial score (nSPS) is 18.0. The number of methoxy groups -OCH3 is 2. The SMILES string of the molecule is COc1cc(OC)c(N2CC(SC(C)=O)CC2=O)cc1Cl. The van der Waals surface area contributed by atoms with Gasteiger partial charge in [0.25, 0.3) is 0 Å².